The van der Waals surface area contributed by atoms with Gasteiger partial charge in [0.2, 0.25) is 0 Å². The summed E-state index contributed by atoms with van der Waals surface area (Å²) in [6.45, 7) is 5.92. The third-order valence-corrected chi connectivity index (χ3v) is 5.01. The summed E-state index contributed by atoms with van der Waals surface area (Å²) in [7, 11) is 0. The van der Waals surface area contributed by atoms with Crippen LogP contribution in [0.5, 0.6) is 0 Å². The van der Waals surface area contributed by atoms with Crippen molar-refractivity contribution in [1.82, 2.24) is 19.2 Å². The Bertz CT molecular complexity index is 950. The van der Waals surface area contributed by atoms with Gasteiger partial charge in [-0.15, -0.1) is 0 Å². The number of aryl methyl sites for hydroxylation is 1. The molecular weight excluding hydrogens is 343 g/mol. The van der Waals surface area contributed by atoms with Crippen molar-refractivity contribution in [2.45, 2.75) is 19.9 Å². The number of imidazole rings is 1. The van der Waals surface area contributed by atoms with Crippen molar-refractivity contribution < 1.29 is 9.18 Å². The topological polar surface area (TPSA) is 40.9 Å². The normalized spacial score (nSPS) is 15.9. The first kappa shape index (κ1) is 17.7. The number of hydrogen-bond donors (Lipinski definition) is 0. The van der Waals surface area contributed by atoms with Crippen molar-refractivity contribution in [3.05, 3.63) is 71.4 Å². The molecule has 5 nitrogen and oxygen atoms in total. The summed E-state index contributed by atoms with van der Waals surface area (Å²) >= 11 is 0. The monoisotopic (exact) mass is 366 g/mol. The van der Waals surface area contributed by atoms with Gasteiger partial charge in [-0.3, -0.25) is 9.69 Å². The zero-order chi connectivity index (χ0) is 18.8. The molecule has 140 valence electrons. The summed E-state index contributed by atoms with van der Waals surface area (Å²) in [5.74, 6) is -0.150. The predicted octanol–water partition coefficient (Wildman–Crippen LogP) is 3.13. The fraction of sp³-hybridized carbons (Fsp3) is 0.333. The number of carbonyl (C=O) groups excluding carboxylic acids is 1. The third-order valence-electron chi connectivity index (χ3n) is 5.01. The van der Waals surface area contributed by atoms with Crippen LogP contribution in [-0.4, -0.2) is 51.3 Å². The highest BCUT2D eigenvalue weighted by Crippen LogP contribution is 2.14. The van der Waals surface area contributed by atoms with Gasteiger partial charge >= 0.3 is 0 Å². The highest BCUT2D eigenvalue weighted by molar-refractivity contribution is 5.94. The lowest BCUT2D eigenvalue weighted by Gasteiger charge is -2.22. The number of rotatable bonds is 3. The summed E-state index contributed by atoms with van der Waals surface area (Å²) in [6, 6.07) is 10.4. The molecule has 1 aliphatic rings. The van der Waals surface area contributed by atoms with Crippen LogP contribution in [0.1, 0.15) is 28.0 Å². The smallest absolute Gasteiger partial charge is 0.255 e. The Morgan fingerprint density at radius 2 is 1.85 bits per heavy atom. The van der Waals surface area contributed by atoms with Crippen LogP contribution in [0.4, 0.5) is 4.39 Å². The number of amides is 1. The van der Waals surface area contributed by atoms with E-state index in [-0.39, 0.29) is 11.7 Å². The second-order valence-electron chi connectivity index (χ2n) is 7.11. The second-order valence-corrected chi connectivity index (χ2v) is 7.11. The fourth-order valence-electron chi connectivity index (χ4n) is 3.61. The van der Waals surface area contributed by atoms with Gasteiger partial charge in [0.1, 0.15) is 11.5 Å². The lowest BCUT2D eigenvalue weighted by Crippen LogP contribution is -2.35. The van der Waals surface area contributed by atoms with E-state index >= 15 is 0 Å². The number of hydrogen-bond acceptors (Lipinski definition) is 3. The van der Waals surface area contributed by atoms with Crippen molar-refractivity contribution >= 4 is 11.6 Å². The van der Waals surface area contributed by atoms with E-state index in [4.69, 9.17) is 0 Å². The Balaban J connectivity index is 1.42. The molecule has 4 rings (SSSR count). The molecule has 0 radical (unpaired) electrons. The maximum absolute atomic E-state index is 13.1. The minimum atomic E-state index is -0.212. The highest BCUT2D eigenvalue weighted by Gasteiger charge is 2.21. The van der Waals surface area contributed by atoms with Crippen LogP contribution in [0.25, 0.3) is 5.65 Å². The number of benzene rings is 1. The maximum Gasteiger partial charge on any atom is 0.255 e. The average Bonchev–Trinajstić information content (AvgIpc) is 2.88. The standard InChI is InChI=1S/C21H23FN4O/c1-16-13-26-15-18(5-8-20(26)23-16)21(27)25-10-2-9-24(11-12-25)14-17-3-6-19(22)7-4-17/h3-8,13,15H,2,9-12,14H2,1H3. The van der Waals surface area contributed by atoms with E-state index in [2.05, 4.69) is 9.88 Å². The van der Waals surface area contributed by atoms with Crippen molar-refractivity contribution in [3.63, 3.8) is 0 Å². The number of pyridine rings is 1. The molecule has 1 fully saturated rings. The zero-order valence-corrected chi connectivity index (χ0v) is 15.4. The van der Waals surface area contributed by atoms with Gasteiger partial charge in [-0.25, -0.2) is 9.37 Å². The van der Waals surface area contributed by atoms with Crippen LogP contribution in [0.3, 0.4) is 0 Å². The maximum atomic E-state index is 13.1. The van der Waals surface area contributed by atoms with E-state index in [1.807, 2.05) is 52.9 Å². The minimum absolute atomic E-state index is 0.0619. The Morgan fingerprint density at radius 3 is 2.67 bits per heavy atom. The predicted molar refractivity (Wildman–Crippen MR) is 102 cm³/mol. The van der Waals surface area contributed by atoms with Crippen molar-refractivity contribution in [2.75, 3.05) is 26.2 Å². The number of fused-ring (bicyclic) bond motifs is 1. The molecule has 0 spiro atoms. The molecule has 1 aromatic carbocycles. The molecule has 1 aliphatic heterocycles. The lowest BCUT2D eigenvalue weighted by molar-refractivity contribution is 0.0760. The Labute approximate surface area is 158 Å². The van der Waals surface area contributed by atoms with E-state index in [0.717, 1.165) is 49.5 Å². The minimum Gasteiger partial charge on any atom is -0.337 e. The van der Waals surface area contributed by atoms with Crippen LogP contribution < -0.4 is 0 Å². The molecule has 3 aromatic rings. The third kappa shape index (κ3) is 4.01. The highest BCUT2D eigenvalue weighted by atomic mass is 19.1. The zero-order valence-electron chi connectivity index (χ0n) is 15.4. The SMILES string of the molecule is Cc1cn2cc(C(=O)N3CCCN(Cc4ccc(F)cc4)CC3)ccc2n1. The van der Waals surface area contributed by atoms with Gasteiger partial charge in [-0.1, -0.05) is 12.1 Å². The number of halogens is 1. The van der Waals surface area contributed by atoms with Gasteiger partial charge in [0.05, 0.1) is 11.3 Å². The van der Waals surface area contributed by atoms with Crippen LogP contribution in [0.2, 0.25) is 0 Å². The van der Waals surface area contributed by atoms with Crippen LogP contribution in [-0.2, 0) is 6.54 Å². The molecule has 0 bridgehead atoms. The summed E-state index contributed by atoms with van der Waals surface area (Å²) in [5, 5.41) is 0. The van der Waals surface area contributed by atoms with E-state index < -0.39 is 0 Å². The summed E-state index contributed by atoms with van der Waals surface area (Å²) in [5.41, 5.74) is 3.57. The molecule has 27 heavy (non-hydrogen) atoms. The van der Waals surface area contributed by atoms with Crippen molar-refractivity contribution in [3.8, 4) is 0 Å². The molecule has 3 heterocycles. The molecule has 0 aliphatic carbocycles. The molecule has 1 amide bonds. The fourth-order valence-corrected chi connectivity index (χ4v) is 3.61. The molecule has 1 saturated heterocycles. The second kappa shape index (κ2) is 7.48. The summed E-state index contributed by atoms with van der Waals surface area (Å²) in [4.78, 5) is 21.6. The first-order valence-corrected chi connectivity index (χ1v) is 9.30. The Morgan fingerprint density at radius 1 is 1.04 bits per heavy atom. The van der Waals surface area contributed by atoms with Gasteiger partial charge in [0, 0.05) is 45.1 Å². The molecular formula is C21H23FN4O. The number of aromatic nitrogens is 2. The molecule has 0 atom stereocenters. The van der Waals surface area contributed by atoms with E-state index in [1.165, 1.54) is 12.1 Å². The number of carbonyl (C=O) groups is 1. The quantitative estimate of drug-likeness (QED) is 0.715. The first-order chi connectivity index (χ1) is 13.1. The largest absolute Gasteiger partial charge is 0.337 e. The van der Waals surface area contributed by atoms with Crippen molar-refractivity contribution in [2.24, 2.45) is 0 Å². The molecule has 2 aromatic heterocycles. The summed E-state index contributed by atoms with van der Waals surface area (Å²) < 4.78 is 15.0. The average molecular weight is 366 g/mol. The number of nitrogens with zero attached hydrogens (tertiary/aromatic N) is 4. The van der Waals surface area contributed by atoms with Crippen LogP contribution >= 0.6 is 0 Å². The molecule has 0 saturated carbocycles. The summed E-state index contributed by atoms with van der Waals surface area (Å²) in [6.07, 6.45) is 4.72. The molecule has 6 heteroatoms. The van der Waals surface area contributed by atoms with Gasteiger partial charge < -0.3 is 9.30 Å². The van der Waals surface area contributed by atoms with E-state index in [9.17, 15) is 9.18 Å². The van der Waals surface area contributed by atoms with Gasteiger partial charge in [-0.05, 0) is 43.2 Å². The Hall–Kier alpha value is -2.73. The van der Waals surface area contributed by atoms with E-state index in [0.29, 0.717) is 12.1 Å². The van der Waals surface area contributed by atoms with Gasteiger partial charge in [0.25, 0.3) is 5.91 Å². The Kier molecular flexibility index (Phi) is 4.90. The van der Waals surface area contributed by atoms with Crippen LogP contribution in [0.15, 0.2) is 48.8 Å². The van der Waals surface area contributed by atoms with Gasteiger partial charge in [-0.2, -0.15) is 0 Å². The first-order valence-electron chi connectivity index (χ1n) is 9.30. The van der Waals surface area contributed by atoms with Gasteiger partial charge in [0.15, 0.2) is 0 Å². The lowest BCUT2D eigenvalue weighted by atomic mass is 10.2. The van der Waals surface area contributed by atoms with Crippen LogP contribution in [0, 0.1) is 12.7 Å². The molecule has 0 N–H and O–H groups in total. The van der Waals surface area contributed by atoms with E-state index in [1.54, 1.807) is 0 Å². The van der Waals surface area contributed by atoms with Crippen molar-refractivity contribution in [1.29, 1.82) is 0 Å². The molecule has 0 unspecified atom stereocenters.